The van der Waals surface area contributed by atoms with Crippen molar-refractivity contribution in [2.75, 3.05) is 12.4 Å². The van der Waals surface area contributed by atoms with Gasteiger partial charge in [0.15, 0.2) is 5.82 Å². The number of nitrogens with one attached hydrogen (secondary N) is 1. The first-order chi connectivity index (χ1) is 12.2. The van der Waals surface area contributed by atoms with Crippen LogP contribution in [0.2, 0.25) is 0 Å². The summed E-state index contributed by atoms with van der Waals surface area (Å²) < 4.78 is 5.17. The number of aromatic nitrogens is 2. The number of hydrogen-bond acceptors (Lipinski definition) is 4. The fourth-order valence-corrected chi connectivity index (χ4v) is 2.45. The molecular weight excluding hydrogens is 314 g/mol. The van der Waals surface area contributed by atoms with Gasteiger partial charge in [-0.25, -0.2) is 9.97 Å². The molecule has 0 bridgehead atoms. The summed E-state index contributed by atoms with van der Waals surface area (Å²) in [6, 6.07) is 16.7. The first kappa shape index (κ1) is 16.6. The van der Waals surface area contributed by atoms with Crippen molar-refractivity contribution in [3.05, 3.63) is 72.1 Å². The predicted molar refractivity (Wildman–Crippen MR) is 97.8 cm³/mol. The lowest BCUT2D eigenvalue weighted by atomic mass is 10.1. The van der Waals surface area contributed by atoms with Gasteiger partial charge < -0.3 is 10.1 Å². The van der Waals surface area contributed by atoms with Crippen LogP contribution >= 0.6 is 0 Å². The summed E-state index contributed by atoms with van der Waals surface area (Å²) in [5, 5.41) is 2.84. The van der Waals surface area contributed by atoms with E-state index in [1.54, 1.807) is 25.4 Å². The first-order valence-electron chi connectivity index (χ1n) is 8.08. The Morgan fingerprint density at radius 2 is 1.80 bits per heavy atom. The molecular formula is C20H19N3O2. The minimum absolute atomic E-state index is 0.193. The molecule has 1 amide bonds. The highest BCUT2D eigenvalue weighted by molar-refractivity contribution is 6.04. The third-order valence-corrected chi connectivity index (χ3v) is 3.83. The van der Waals surface area contributed by atoms with Crippen molar-refractivity contribution in [3.8, 4) is 17.0 Å². The van der Waals surface area contributed by atoms with Crippen LogP contribution in [0, 0.1) is 0 Å². The number of carbonyl (C=O) groups is 1. The molecule has 0 radical (unpaired) electrons. The number of amides is 1. The van der Waals surface area contributed by atoms with Gasteiger partial charge in [-0.1, -0.05) is 25.1 Å². The van der Waals surface area contributed by atoms with Crippen LogP contribution in [-0.2, 0) is 6.42 Å². The molecule has 5 nitrogen and oxygen atoms in total. The number of benzene rings is 2. The summed E-state index contributed by atoms with van der Waals surface area (Å²) in [5.74, 6) is 1.09. The Kier molecular flexibility index (Phi) is 5.04. The fraction of sp³-hybridized carbons (Fsp3) is 0.150. The summed E-state index contributed by atoms with van der Waals surface area (Å²) in [6.45, 7) is 1.99. The molecule has 2 aromatic carbocycles. The lowest BCUT2D eigenvalue weighted by Gasteiger charge is -2.10. The zero-order chi connectivity index (χ0) is 17.6. The van der Waals surface area contributed by atoms with Gasteiger partial charge in [-0.15, -0.1) is 0 Å². The van der Waals surface area contributed by atoms with E-state index in [0.29, 0.717) is 17.8 Å². The van der Waals surface area contributed by atoms with Crippen molar-refractivity contribution < 1.29 is 9.53 Å². The highest BCUT2D eigenvalue weighted by atomic mass is 16.5. The third kappa shape index (κ3) is 3.83. The van der Waals surface area contributed by atoms with Crippen molar-refractivity contribution in [3.63, 3.8) is 0 Å². The van der Waals surface area contributed by atoms with E-state index in [4.69, 9.17) is 4.74 Å². The fourth-order valence-electron chi connectivity index (χ4n) is 2.45. The number of anilines is 1. The van der Waals surface area contributed by atoms with Crippen molar-refractivity contribution in [2.24, 2.45) is 0 Å². The van der Waals surface area contributed by atoms with E-state index in [9.17, 15) is 4.79 Å². The zero-order valence-corrected chi connectivity index (χ0v) is 14.2. The summed E-state index contributed by atoms with van der Waals surface area (Å²) in [7, 11) is 1.63. The standard InChI is InChI=1S/C20H19N3O2/c1-3-17-19(23-20(24)15-7-5-4-6-8-15)21-13-18(22-17)14-9-11-16(25-2)12-10-14/h4-13H,3H2,1-2H3,(H,21,23,24). The van der Waals surface area contributed by atoms with E-state index < -0.39 is 0 Å². The molecule has 126 valence electrons. The van der Waals surface area contributed by atoms with E-state index >= 15 is 0 Å². The molecule has 3 rings (SSSR count). The normalized spacial score (nSPS) is 10.3. The highest BCUT2D eigenvalue weighted by Gasteiger charge is 2.12. The van der Waals surface area contributed by atoms with Crippen LogP contribution in [0.25, 0.3) is 11.3 Å². The molecule has 0 spiro atoms. The van der Waals surface area contributed by atoms with Gasteiger partial charge in [0.05, 0.1) is 24.7 Å². The van der Waals surface area contributed by atoms with E-state index in [-0.39, 0.29) is 5.91 Å². The quantitative estimate of drug-likeness (QED) is 0.767. The molecule has 0 aliphatic carbocycles. The molecule has 3 aromatic rings. The van der Waals surface area contributed by atoms with Crippen LogP contribution in [0.5, 0.6) is 5.75 Å². The molecule has 0 saturated heterocycles. The van der Waals surface area contributed by atoms with Crippen LogP contribution in [0.4, 0.5) is 5.82 Å². The predicted octanol–water partition coefficient (Wildman–Crippen LogP) is 3.97. The number of methoxy groups -OCH3 is 1. The average molecular weight is 333 g/mol. The Morgan fingerprint density at radius 1 is 1.08 bits per heavy atom. The molecule has 5 heteroatoms. The Bertz CT molecular complexity index is 862. The second kappa shape index (κ2) is 7.57. The zero-order valence-electron chi connectivity index (χ0n) is 14.2. The van der Waals surface area contributed by atoms with E-state index in [1.165, 1.54) is 0 Å². The van der Waals surface area contributed by atoms with Gasteiger partial charge in [-0.05, 0) is 42.8 Å². The smallest absolute Gasteiger partial charge is 0.256 e. The minimum Gasteiger partial charge on any atom is -0.497 e. The molecule has 0 saturated carbocycles. The number of rotatable bonds is 5. The monoisotopic (exact) mass is 333 g/mol. The molecule has 0 aliphatic heterocycles. The van der Waals surface area contributed by atoms with Gasteiger partial charge in [0.2, 0.25) is 0 Å². The Labute approximate surface area is 146 Å². The molecule has 0 fully saturated rings. The lowest BCUT2D eigenvalue weighted by molar-refractivity contribution is 0.102. The van der Waals surface area contributed by atoms with Gasteiger partial charge in [-0.3, -0.25) is 4.79 Å². The maximum Gasteiger partial charge on any atom is 0.256 e. The Balaban J connectivity index is 1.85. The van der Waals surface area contributed by atoms with E-state index in [2.05, 4.69) is 15.3 Å². The second-order valence-electron chi connectivity index (χ2n) is 5.45. The first-order valence-corrected chi connectivity index (χ1v) is 8.08. The number of hydrogen-bond donors (Lipinski definition) is 1. The number of aryl methyl sites for hydroxylation is 1. The maximum atomic E-state index is 12.3. The van der Waals surface area contributed by atoms with Crippen LogP contribution in [0.1, 0.15) is 23.0 Å². The number of carbonyl (C=O) groups excluding carboxylic acids is 1. The van der Waals surface area contributed by atoms with E-state index in [0.717, 1.165) is 22.7 Å². The second-order valence-corrected chi connectivity index (χ2v) is 5.45. The largest absolute Gasteiger partial charge is 0.497 e. The van der Waals surface area contributed by atoms with Crippen LogP contribution in [0.15, 0.2) is 60.8 Å². The van der Waals surface area contributed by atoms with Crippen molar-refractivity contribution in [1.82, 2.24) is 9.97 Å². The van der Waals surface area contributed by atoms with Gasteiger partial charge in [-0.2, -0.15) is 0 Å². The maximum absolute atomic E-state index is 12.3. The molecule has 1 aromatic heterocycles. The van der Waals surface area contributed by atoms with Crippen LogP contribution in [-0.4, -0.2) is 23.0 Å². The van der Waals surface area contributed by atoms with Gasteiger partial charge in [0.25, 0.3) is 5.91 Å². The van der Waals surface area contributed by atoms with Gasteiger partial charge >= 0.3 is 0 Å². The lowest BCUT2D eigenvalue weighted by Crippen LogP contribution is -2.15. The van der Waals surface area contributed by atoms with Gasteiger partial charge in [0.1, 0.15) is 5.75 Å². The minimum atomic E-state index is -0.193. The Hall–Kier alpha value is -3.21. The van der Waals surface area contributed by atoms with Crippen LogP contribution in [0.3, 0.4) is 0 Å². The Morgan fingerprint density at radius 3 is 2.44 bits per heavy atom. The third-order valence-electron chi connectivity index (χ3n) is 3.83. The molecule has 1 N–H and O–H groups in total. The molecule has 0 aliphatic rings. The summed E-state index contributed by atoms with van der Waals surface area (Å²) in [6.07, 6.45) is 2.34. The number of ether oxygens (including phenoxy) is 1. The van der Waals surface area contributed by atoms with Crippen molar-refractivity contribution in [2.45, 2.75) is 13.3 Å². The molecule has 1 heterocycles. The summed E-state index contributed by atoms with van der Waals surface area (Å²) in [5.41, 5.74) is 3.05. The average Bonchev–Trinajstić information content (AvgIpc) is 2.69. The molecule has 0 atom stereocenters. The summed E-state index contributed by atoms with van der Waals surface area (Å²) in [4.78, 5) is 21.4. The topological polar surface area (TPSA) is 64.1 Å². The van der Waals surface area contributed by atoms with Gasteiger partial charge in [0, 0.05) is 11.1 Å². The molecule has 25 heavy (non-hydrogen) atoms. The summed E-state index contributed by atoms with van der Waals surface area (Å²) >= 11 is 0. The SMILES string of the molecule is CCc1nc(-c2ccc(OC)cc2)cnc1NC(=O)c1ccccc1. The van der Waals surface area contributed by atoms with Crippen LogP contribution < -0.4 is 10.1 Å². The highest BCUT2D eigenvalue weighted by Crippen LogP contribution is 2.22. The molecule has 0 unspecified atom stereocenters. The number of nitrogens with zero attached hydrogens (tertiary/aromatic N) is 2. The van der Waals surface area contributed by atoms with Crippen molar-refractivity contribution in [1.29, 1.82) is 0 Å². The van der Waals surface area contributed by atoms with Crippen molar-refractivity contribution >= 4 is 11.7 Å². The van der Waals surface area contributed by atoms with E-state index in [1.807, 2.05) is 49.4 Å².